The molecule has 0 saturated heterocycles. The van der Waals surface area contributed by atoms with Crippen molar-refractivity contribution in [2.45, 2.75) is 6.42 Å². The number of nitrogens with zero attached hydrogens (tertiary/aromatic N) is 1. The molecule has 0 heterocycles. The smallest absolute Gasteiger partial charge is 0.318 e. The molecular weight excluding hydrogens is 173 g/mol. The van der Waals surface area contributed by atoms with Crippen molar-refractivity contribution in [2.75, 3.05) is 33.3 Å². The molecule has 12 heavy (non-hydrogen) atoms. The van der Waals surface area contributed by atoms with E-state index in [0.29, 0.717) is 12.7 Å². The highest BCUT2D eigenvalue weighted by atomic mass is 31.1. The SMILES string of the molecule is C#CC[N+](C)(C)CCC[P+](=O)O. The molecule has 0 fully saturated rings. The minimum atomic E-state index is -1.97. The number of hydrogen-bond acceptors (Lipinski definition) is 1. The Morgan fingerprint density at radius 1 is 1.58 bits per heavy atom. The fourth-order valence-corrected chi connectivity index (χ4v) is 1.37. The molecule has 0 saturated carbocycles. The first-order chi connectivity index (χ1) is 5.48. The molecule has 0 bridgehead atoms. The van der Waals surface area contributed by atoms with Crippen molar-refractivity contribution in [3.63, 3.8) is 0 Å². The van der Waals surface area contributed by atoms with Gasteiger partial charge in [0.1, 0.15) is 6.54 Å². The summed E-state index contributed by atoms with van der Waals surface area (Å²) >= 11 is 0. The van der Waals surface area contributed by atoms with Gasteiger partial charge in [0.25, 0.3) is 0 Å². The molecule has 0 amide bonds. The molecule has 0 aliphatic carbocycles. The van der Waals surface area contributed by atoms with E-state index in [1.165, 1.54) is 0 Å². The average Bonchev–Trinajstić information content (AvgIpc) is 1.85. The molecule has 0 aromatic rings. The molecule has 0 rings (SSSR count). The van der Waals surface area contributed by atoms with Gasteiger partial charge in [-0.3, -0.25) is 0 Å². The predicted octanol–water partition coefficient (Wildman–Crippen LogP) is 0.821. The zero-order valence-corrected chi connectivity index (χ0v) is 8.55. The molecule has 1 unspecified atom stereocenters. The summed E-state index contributed by atoms with van der Waals surface area (Å²) in [5.74, 6) is 2.58. The molecule has 0 radical (unpaired) electrons. The van der Waals surface area contributed by atoms with E-state index in [-0.39, 0.29) is 0 Å². The monoisotopic (exact) mass is 189 g/mol. The summed E-state index contributed by atoms with van der Waals surface area (Å²) in [5, 5.41) is 0. The highest BCUT2D eigenvalue weighted by Crippen LogP contribution is 2.14. The van der Waals surface area contributed by atoms with Crippen molar-refractivity contribution < 1.29 is 13.9 Å². The normalized spacial score (nSPS) is 12.3. The summed E-state index contributed by atoms with van der Waals surface area (Å²) in [4.78, 5) is 8.54. The van der Waals surface area contributed by atoms with Crippen molar-refractivity contribution >= 4 is 8.03 Å². The van der Waals surface area contributed by atoms with Gasteiger partial charge < -0.3 is 4.48 Å². The van der Waals surface area contributed by atoms with Gasteiger partial charge in [-0.25, -0.2) is 0 Å². The first-order valence-electron chi connectivity index (χ1n) is 3.87. The first-order valence-corrected chi connectivity index (χ1v) is 5.27. The molecule has 0 aromatic carbocycles. The number of terminal acetylenes is 1. The highest BCUT2D eigenvalue weighted by molar-refractivity contribution is 7.37. The van der Waals surface area contributed by atoms with Gasteiger partial charge in [0.15, 0.2) is 6.16 Å². The second-order valence-electron chi connectivity index (χ2n) is 3.45. The molecular formula is C8H16NO2P+2. The third kappa shape index (κ3) is 6.30. The maximum Gasteiger partial charge on any atom is 0.505 e. The highest BCUT2D eigenvalue weighted by Gasteiger charge is 2.17. The minimum Gasteiger partial charge on any atom is -0.318 e. The van der Waals surface area contributed by atoms with E-state index in [2.05, 4.69) is 5.92 Å². The molecule has 1 N–H and O–H groups in total. The van der Waals surface area contributed by atoms with E-state index in [4.69, 9.17) is 11.3 Å². The zero-order chi connectivity index (χ0) is 9.61. The first kappa shape index (κ1) is 11.6. The van der Waals surface area contributed by atoms with Crippen LogP contribution >= 0.6 is 8.03 Å². The van der Waals surface area contributed by atoms with Crippen molar-refractivity contribution in [1.82, 2.24) is 0 Å². The van der Waals surface area contributed by atoms with Crippen LogP contribution in [0.5, 0.6) is 0 Å². The summed E-state index contributed by atoms with van der Waals surface area (Å²) < 4.78 is 11.1. The van der Waals surface area contributed by atoms with Crippen LogP contribution < -0.4 is 0 Å². The Hall–Kier alpha value is -0.420. The standard InChI is InChI=1S/C8H15NO2P/c1-4-6-9(2,3)7-5-8-12(10)11/h1H,5-8H2,2-3H3/q+1/p+1. The molecule has 0 aliphatic rings. The van der Waals surface area contributed by atoms with Gasteiger partial charge in [-0.15, -0.1) is 6.42 Å². The third-order valence-corrected chi connectivity index (χ3v) is 2.33. The van der Waals surface area contributed by atoms with Gasteiger partial charge >= 0.3 is 8.03 Å². The van der Waals surface area contributed by atoms with Crippen LogP contribution in [0.4, 0.5) is 0 Å². The maximum absolute atomic E-state index is 10.3. The second-order valence-corrected chi connectivity index (χ2v) is 4.60. The van der Waals surface area contributed by atoms with E-state index in [1.807, 2.05) is 14.1 Å². The summed E-state index contributed by atoms with van der Waals surface area (Å²) in [6.07, 6.45) is 6.30. The molecule has 0 aromatic heterocycles. The van der Waals surface area contributed by atoms with Crippen molar-refractivity contribution in [3.8, 4) is 12.3 Å². The zero-order valence-electron chi connectivity index (χ0n) is 7.66. The van der Waals surface area contributed by atoms with Gasteiger partial charge in [-0.2, -0.15) is 4.89 Å². The van der Waals surface area contributed by atoms with Crippen LogP contribution in [0.1, 0.15) is 6.42 Å². The van der Waals surface area contributed by atoms with Gasteiger partial charge in [0.05, 0.1) is 20.6 Å². The van der Waals surface area contributed by atoms with Gasteiger partial charge in [0, 0.05) is 6.42 Å². The molecule has 3 nitrogen and oxygen atoms in total. The van der Waals surface area contributed by atoms with Crippen LogP contribution in [0, 0.1) is 12.3 Å². The van der Waals surface area contributed by atoms with Crippen LogP contribution in [0.3, 0.4) is 0 Å². The van der Waals surface area contributed by atoms with E-state index < -0.39 is 8.03 Å². The topological polar surface area (TPSA) is 37.3 Å². The Kier molecular flexibility index (Phi) is 5.08. The Morgan fingerprint density at radius 2 is 2.17 bits per heavy atom. The molecule has 1 atom stereocenters. The number of quaternary nitrogens is 1. The van der Waals surface area contributed by atoms with Crippen LogP contribution in [-0.2, 0) is 4.57 Å². The summed E-state index contributed by atoms with van der Waals surface area (Å²) in [6.45, 7) is 1.52. The number of rotatable bonds is 5. The Balaban J connectivity index is 3.62. The fraction of sp³-hybridized carbons (Fsp3) is 0.750. The molecule has 0 aliphatic heterocycles. The lowest BCUT2D eigenvalue weighted by molar-refractivity contribution is -0.883. The Morgan fingerprint density at radius 3 is 2.58 bits per heavy atom. The van der Waals surface area contributed by atoms with Crippen LogP contribution in [0.15, 0.2) is 0 Å². The van der Waals surface area contributed by atoms with Crippen LogP contribution in [0.2, 0.25) is 0 Å². The Labute approximate surface area is 74.8 Å². The largest absolute Gasteiger partial charge is 0.505 e. The Bertz CT molecular complexity index is 196. The van der Waals surface area contributed by atoms with E-state index in [0.717, 1.165) is 17.4 Å². The molecule has 4 heteroatoms. The van der Waals surface area contributed by atoms with Crippen molar-refractivity contribution in [1.29, 1.82) is 0 Å². The van der Waals surface area contributed by atoms with Crippen molar-refractivity contribution in [2.24, 2.45) is 0 Å². The predicted molar refractivity (Wildman–Crippen MR) is 50.0 cm³/mol. The lowest BCUT2D eigenvalue weighted by Crippen LogP contribution is -2.40. The van der Waals surface area contributed by atoms with Crippen LogP contribution in [-0.4, -0.2) is 42.7 Å². The summed E-state index contributed by atoms with van der Waals surface area (Å²) in [6, 6.07) is 0. The quantitative estimate of drug-likeness (QED) is 0.395. The van der Waals surface area contributed by atoms with Gasteiger partial charge in [0.2, 0.25) is 0 Å². The average molecular weight is 189 g/mol. The van der Waals surface area contributed by atoms with Crippen LogP contribution in [0.25, 0.3) is 0 Å². The third-order valence-electron chi connectivity index (χ3n) is 1.63. The number of hydrogen-bond donors (Lipinski definition) is 1. The fourth-order valence-electron chi connectivity index (χ4n) is 0.960. The lowest BCUT2D eigenvalue weighted by atomic mass is 10.4. The van der Waals surface area contributed by atoms with Crippen molar-refractivity contribution in [3.05, 3.63) is 0 Å². The molecule has 68 valence electrons. The minimum absolute atomic E-state index is 0.377. The summed E-state index contributed by atoms with van der Waals surface area (Å²) in [7, 11) is 2.06. The maximum atomic E-state index is 10.3. The van der Waals surface area contributed by atoms with E-state index in [9.17, 15) is 4.57 Å². The molecule has 0 spiro atoms. The van der Waals surface area contributed by atoms with E-state index >= 15 is 0 Å². The van der Waals surface area contributed by atoms with E-state index in [1.54, 1.807) is 0 Å². The summed E-state index contributed by atoms with van der Waals surface area (Å²) in [5.41, 5.74) is 0. The lowest BCUT2D eigenvalue weighted by Gasteiger charge is -2.26. The van der Waals surface area contributed by atoms with Gasteiger partial charge in [-0.1, -0.05) is 0 Å². The van der Waals surface area contributed by atoms with Gasteiger partial charge in [-0.05, 0) is 10.5 Å². The second kappa shape index (κ2) is 5.27.